The first-order valence-electron chi connectivity index (χ1n) is 7.44. The zero-order valence-electron chi connectivity index (χ0n) is 15.0. The van der Waals surface area contributed by atoms with E-state index in [0.717, 1.165) is 21.5 Å². The fraction of sp³-hybridized carbons (Fsp3) is 0.250. The Labute approximate surface area is 192 Å². The molecular weight excluding hydrogens is 346 g/mol. The summed E-state index contributed by atoms with van der Waals surface area (Å²) in [5.74, 6) is 0.572. The summed E-state index contributed by atoms with van der Waals surface area (Å²) < 4.78 is 0. The maximum atomic E-state index is 5.58. The van der Waals surface area contributed by atoms with Crippen LogP contribution in [0, 0.1) is 13.0 Å². The van der Waals surface area contributed by atoms with Crippen molar-refractivity contribution in [3.05, 3.63) is 83.8 Å². The smallest absolute Gasteiger partial charge is 0.199 e. The van der Waals surface area contributed by atoms with Crippen LogP contribution in [0.25, 0.3) is 0 Å². The van der Waals surface area contributed by atoms with E-state index in [2.05, 4.69) is 60.9 Å². The van der Waals surface area contributed by atoms with Crippen molar-refractivity contribution in [2.45, 2.75) is 33.6 Å². The quantitative estimate of drug-likeness (QED) is 0.432. The standard InChI is InChI=1S/C11H14P.C7H6Cl.C2H6.K/c1-4-9-7-10(8(2)3)5-6-11(9)12;1-6-2-4-7(8)5-3-6;1-2;/h5-8H,1,12H2,2-3H3;2-5H,1H2;1-2H3;/q2*-1;;+1. The monoisotopic (exact) mass is 371 g/mol. The topological polar surface area (TPSA) is 0 Å². The van der Waals surface area contributed by atoms with Gasteiger partial charge in [0.15, 0.2) is 0 Å². The number of halogens is 1. The SMILES string of the molecule is C=[C-]c1cc(C(C)C)ccc1P.CC.[CH2-]c1ccc(Cl)cc1.[K+]. The van der Waals surface area contributed by atoms with Crippen LogP contribution >= 0.6 is 20.8 Å². The molecule has 1 atom stereocenters. The molecule has 0 saturated carbocycles. The van der Waals surface area contributed by atoms with E-state index < -0.39 is 0 Å². The normalized spacial score (nSPS) is 8.83. The number of hydrogen-bond donors (Lipinski definition) is 0. The summed E-state index contributed by atoms with van der Waals surface area (Å²) >= 11 is 5.58. The molecular formula is C20H26ClKP-. The summed E-state index contributed by atoms with van der Waals surface area (Å²) in [7, 11) is 2.68. The molecule has 2 rings (SSSR count). The number of rotatable bonds is 2. The van der Waals surface area contributed by atoms with Gasteiger partial charge in [0.25, 0.3) is 0 Å². The van der Waals surface area contributed by atoms with E-state index in [1.54, 1.807) is 0 Å². The van der Waals surface area contributed by atoms with E-state index in [0.29, 0.717) is 5.92 Å². The fourth-order valence-electron chi connectivity index (χ4n) is 1.57. The van der Waals surface area contributed by atoms with Crippen molar-refractivity contribution < 1.29 is 51.4 Å². The Morgan fingerprint density at radius 1 is 1.09 bits per heavy atom. The van der Waals surface area contributed by atoms with E-state index in [9.17, 15) is 0 Å². The second-order valence-corrected chi connectivity index (χ2v) is 5.86. The minimum Gasteiger partial charge on any atom is -0.199 e. The Hall–Kier alpha value is 0.406. The Balaban J connectivity index is 0. The third-order valence-electron chi connectivity index (χ3n) is 2.85. The molecule has 0 saturated heterocycles. The summed E-state index contributed by atoms with van der Waals surface area (Å²) in [5.41, 5.74) is 3.42. The first-order chi connectivity index (χ1) is 10.4. The second kappa shape index (κ2) is 14.7. The molecule has 120 valence electrons. The molecule has 0 heterocycles. The molecule has 0 nitrogen and oxygen atoms in total. The van der Waals surface area contributed by atoms with Crippen molar-refractivity contribution in [3.8, 4) is 0 Å². The molecule has 0 amide bonds. The molecule has 0 aliphatic heterocycles. The molecule has 0 aliphatic rings. The number of hydrogen-bond acceptors (Lipinski definition) is 0. The first kappa shape index (κ1) is 25.6. The summed E-state index contributed by atoms with van der Waals surface area (Å²) in [5, 5.41) is 1.92. The van der Waals surface area contributed by atoms with Crippen LogP contribution in [-0.4, -0.2) is 0 Å². The van der Waals surface area contributed by atoms with Crippen LogP contribution in [0.2, 0.25) is 5.02 Å². The molecule has 0 bridgehead atoms. The van der Waals surface area contributed by atoms with Crippen LogP contribution in [0.3, 0.4) is 0 Å². The Bertz CT molecular complexity index is 541. The van der Waals surface area contributed by atoms with Gasteiger partial charge < -0.3 is 0 Å². The predicted molar refractivity (Wildman–Crippen MR) is 105 cm³/mol. The van der Waals surface area contributed by atoms with Gasteiger partial charge in [-0.25, -0.2) is 0 Å². The first-order valence-corrected chi connectivity index (χ1v) is 8.39. The zero-order valence-corrected chi connectivity index (χ0v) is 20.0. The summed E-state index contributed by atoms with van der Waals surface area (Å²) in [4.78, 5) is 0. The van der Waals surface area contributed by atoms with Gasteiger partial charge in [-0.2, -0.15) is 58.1 Å². The fourth-order valence-corrected chi connectivity index (χ4v) is 1.98. The molecule has 2 aromatic carbocycles. The van der Waals surface area contributed by atoms with Gasteiger partial charge >= 0.3 is 51.4 Å². The summed E-state index contributed by atoms with van der Waals surface area (Å²) in [6.07, 6.45) is 2.92. The molecule has 2 aromatic rings. The van der Waals surface area contributed by atoms with Gasteiger partial charge in [-0.05, 0) is 5.92 Å². The van der Waals surface area contributed by atoms with Gasteiger partial charge in [0, 0.05) is 5.02 Å². The van der Waals surface area contributed by atoms with Crippen molar-refractivity contribution >= 4 is 26.1 Å². The maximum Gasteiger partial charge on any atom is 1.00 e. The number of benzene rings is 2. The van der Waals surface area contributed by atoms with E-state index in [-0.39, 0.29) is 51.4 Å². The van der Waals surface area contributed by atoms with Crippen molar-refractivity contribution in [1.29, 1.82) is 0 Å². The molecule has 3 heteroatoms. The van der Waals surface area contributed by atoms with Crippen molar-refractivity contribution in [2.24, 2.45) is 0 Å². The van der Waals surface area contributed by atoms with Gasteiger partial charge in [0.05, 0.1) is 0 Å². The average molecular weight is 372 g/mol. The van der Waals surface area contributed by atoms with Crippen LogP contribution in [0.15, 0.2) is 49.0 Å². The van der Waals surface area contributed by atoms with Crippen molar-refractivity contribution in [2.75, 3.05) is 0 Å². The molecule has 0 aliphatic carbocycles. The van der Waals surface area contributed by atoms with Gasteiger partial charge in [0.2, 0.25) is 0 Å². The predicted octanol–water partition coefficient (Wildman–Crippen LogP) is 3.20. The van der Waals surface area contributed by atoms with Gasteiger partial charge in [-0.3, -0.25) is 0 Å². The molecule has 0 radical (unpaired) electrons. The molecule has 0 aromatic heterocycles. The van der Waals surface area contributed by atoms with Crippen molar-refractivity contribution in [1.82, 2.24) is 0 Å². The third kappa shape index (κ3) is 10.8. The molecule has 0 fully saturated rings. The molecule has 0 N–H and O–H groups in total. The molecule has 1 unspecified atom stereocenters. The Kier molecular flexibility index (Phi) is 16.4. The van der Waals surface area contributed by atoms with Crippen LogP contribution < -0.4 is 56.7 Å². The Morgan fingerprint density at radius 2 is 1.61 bits per heavy atom. The van der Waals surface area contributed by atoms with E-state index in [1.807, 2.05) is 38.1 Å². The summed E-state index contributed by atoms with van der Waals surface area (Å²) in [6, 6.07) is 13.8. The largest absolute Gasteiger partial charge is 1.00 e. The van der Waals surface area contributed by atoms with Gasteiger partial charge in [-0.15, -0.1) is 16.9 Å². The second-order valence-electron chi connectivity index (χ2n) is 4.80. The van der Waals surface area contributed by atoms with E-state index >= 15 is 0 Å². The Morgan fingerprint density at radius 3 is 2.00 bits per heavy atom. The van der Waals surface area contributed by atoms with Crippen LogP contribution in [0.5, 0.6) is 0 Å². The minimum absolute atomic E-state index is 0. The van der Waals surface area contributed by atoms with Gasteiger partial charge in [-0.1, -0.05) is 57.5 Å². The summed E-state index contributed by atoms with van der Waals surface area (Å²) in [6.45, 7) is 15.7. The van der Waals surface area contributed by atoms with Crippen molar-refractivity contribution in [3.63, 3.8) is 0 Å². The maximum absolute atomic E-state index is 5.58. The molecule has 0 spiro atoms. The van der Waals surface area contributed by atoms with Crippen LogP contribution in [-0.2, 0) is 0 Å². The minimum atomic E-state index is 0. The van der Waals surface area contributed by atoms with Gasteiger partial charge in [0.1, 0.15) is 0 Å². The third-order valence-corrected chi connectivity index (χ3v) is 3.60. The zero-order chi connectivity index (χ0) is 17.1. The van der Waals surface area contributed by atoms with E-state index in [4.69, 9.17) is 11.6 Å². The molecule has 23 heavy (non-hydrogen) atoms. The van der Waals surface area contributed by atoms with E-state index in [1.165, 1.54) is 5.56 Å². The van der Waals surface area contributed by atoms with Crippen LogP contribution in [0.4, 0.5) is 0 Å². The van der Waals surface area contributed by atoms with Crippen LogP contribution in [0.1, 0.15) is 50.3 Å². The average Bonchev–Trinajstić information content (AvgIpc) is 2.53.